The van der Waals surface area contributed by atoms with Gasteiger partial charge >= 0.3 is 0 Å². The monoisotopic (exact) mass is 252 g/mol. The second kappa shape index (κ2) is 4.50. The van der Waals surface area contributed by atoms with Gasteiger partial charge in [0.15, 0.2) is 0 Å². The predicted octanol–water partition coefficient (Wildman–Crippen LogP) is 3.12. The maximum absolute atomic E-state index is 11.9. The molecule has 3 rings (SSSR count). The van der Waals surface area contributed by atoms with Gasteiger partial charge < -0.3 is 5.32 Å². The highest BCUT2D eigenvalue weighted by Gasteiger charge is 2.24. The third-order valence-electron chi connectivity index (χ3n) is 3.54. The molecule has 0 saturated heterocycles. The van der Waals surface area contributed by atoms with Crippen LogP contribution in [0.2, 0.25) is 0 Å². The summed E-state index contributed by atoms with van der Waals surface area (Å²) in [6.45, 7) is 4.87. The smallest absolute Gasteiger partial charge is 0.254 e. The van der Waals surface area contributed by atoms with Crippen LogP contribution in [0, 0.1) is 0 Å². The zero-order valence-electron chi connectivity index (χ0n) is 11.1. The third kappa shape index (κ3) is 2.01. The lowest BCUT2D eigenvalue weighted by Gasteiger charge is -2.10. The van der Waals surface area contributed by atoms with Gasteiger partial charge in [0.2, 0.25) is 0 Å². The molecule has 0 unspecified atom stereocenters. The zero-order chi connectivity index (χ0) is 13.4. The first-order valence-electron chi connectivity index (χ1n) is 6.53. The van der Waals surface area contributed by atoms with E-state index in [0.717, 1.165) is 22.4 Å². The first kappa shape index (κ1) is 11.9. The van der Waals surface area contributed by atoms with Gasteiger partial charge in [0.1, 0.15) is 0 Å². The molecule has 0 atom stereocenters. The fourth-order valence-corrected chi connectivity index (χ4v) is 2.45. The van der Waals surface area contributed by atoms with Crippen molar-refractivity contribution in [3.8, 4) is 11.1 Å². The van der Waals surface area contributed by atoms with Gasteiger partial charge in [0, 0.05) is 6.20 Å². The summed E-state index contributed by atoms with van der Waals surface area (Å²) in [6.07, 6.45) is 1.77. The minimum absolute atomic E-state index is 0.0203. The maximum Gasteiger partial charge on any atom is 0.254 e. The van der Waals surface area contributed by atoms with Crippen LogP contribution in [-0.4, -0.2) is 10.9 Å². The Kier molecular flexibility index (Phi) is 2.82. The van der Waals surface area contributed by atoms with Crippen molar-refractivity contribution in [2.45, 2.75) is 26.3 Å². The Morgan fingerprint density at radius 2 is 2.11 bits per heavy atom. The van der Waals surface area contributed by atoms with E-state index in [1.54, 1.807) is 6.20 Å². The highest BCUT2D eigenvalue weighted by molar-refractivity contribution is 6.03. The molecule has 1 aromatic carbocycles. The second-order valence-corrected chi connectivity index (χ2v) is 5.14. The number of carbonyl (C=O) groups excluding carboxylic acids is 1. The molecule has 19 heavy (non-hydrogen) atoms. The Balaban J connectivity index is 2.16. The van der Waals surface area contributed by atoms with E-state index in [-0.39, 0.29) is 5.91 Å². The van der Waals surface area contributed by atoms with Crippen LogP contribution in [0.15, 0.2) is 36.5 Å². The molecule has 0 fully saturated rings. The molecular formula is C16H16N2O. The molecule has 1 aliphatic rings. The van der Waals surface area contributed by atoms with Crippen LogP contribution in [0.5, 0.6) is 0 Å². The fraction of sp³-hybridized carbons (Fsp3) is 0.250. The highest BCUT2D eigenvalue weighted by Crippen LogP contribution is 2.29. The number of rotatable bonds is 2. The third-order valence-corrected chi connectivity index (χ3v) is 3.54. The van der Waals surface area contributed by atoms with Crippen LogP contribution in [-0.2, 0) is 6.54 Å². The molecule has 0 radical (unpaired) electrons. The Bertz CT molecular complexity index is 647. The summed E-state index contributed by atoms with van der Waals surface area (Å²) in [5.41, 5.74) is 4.91. The van der Waals surface area contributed by atoms with E-state index in [1.807, 2.05) is 18.2 Å². The summed E-state index contributed by atoms with van der Waals surface area (Å²) in [6, 6.07) is 10.3. The first-order valence-corrected chi connectivity index (χ1v) is 6.53. The van der Waals surface area contributed by atoms with Gasteiger partial charge in [-0.15, -0.1) is 0 Å². The SMILES string of the molecule is CC(C)c1cccc(-c2ccnc3c2C(=O)NC3)c1. The molecule has 1 aromatic heterocycles. The van der Waals surface area contributed by atoms with Gasteiger partial charge in [-0.05, 0) is 28.7 Å². The van der Waals surface area contributed by atoms with Crippen molar-refractivity contribution < 1.29 is 4.79 Å². The Morgan fingerprint density at radius 3 is 2.89 bits per heavy atom. The summed E-state index contributed by atoms with van der Waals surface area (Å²) in [4.78, 5) is 16.2. The summed E-state index contributed by atoms with van der Waals surface area (Å²) >= 11 is 0. The number of nitrogens with zero attached hydrogens (tertiary/aromatic N) is 1. The molecule has 96 valence electrons. The topological polar surface area (TPSA) is 42.0 Å². The van der Waals surface area contributed by atoms with Gasteiger partial charge in [-0.2, -0.15) is 0 Å². The summed E-state index contributed by atoms with van der Waals surface area (Å²) in [5, 5.41) is 2.83. The number of pyridine rings is 1. The summed E-state index contributed by atoms with van der Waals surface area (Å²) in [7, 11) is 0. The number of hydrogen-bond acceptors (Lipinski definition) is 2. The molecule has 0 bridgehead atoms. The van der Waals surface area contributed by atoms with E-state index in [9.17, 15) is 4.79 Å². The molecule has 0 saturated carbocycles. The van der Waals surface area contributed by atoms with Gasteiger partial charge in [0.05, 0.1) is 17.8 Å². The average molecular weight is 252 g/mol. The van der Waals surface area contributed by atoms with Gasteiger partial charge in [-0.1, -0.05) is 38.1 Å². The minimum atomic E-state index is -0.0203. The largest absolute Gasteiger partial charge is 0.346 e. The molecule has 1 aliphatic heterocycles. The quantitative estimate of drug-likeness (QED) is 0.892. The van der Waals surface area contributed by atoms with Crippen molar-refractivity contribution in [3.63, 3.8) is 0 Å². The van der Waals surface area contributed by atoms with Crippen LogP contribution >= 0.6 is 0 Å². The van der Waals surface area contributed by atoms with Crippen LogP contribution in [0.4, 0.5) is 0 Å². The first-order chi connectivity index (χ1) is 9.16. The number of carbonyl (C=O) groups is 1. The molecule has 2 heterocycles. The van der Waals surface area contributed by atoms with Crippen molar-refractivity contribution in [2.24, 2.45) is 0 Å². The second-order valence-electron chi connectivity index (χ2n) is 5.14. The van der Waals surface area contributed by atoms with Crippen molar-refractivity contribution in [2.75, 3.05) is 0 Å². The van der Waals surface area contributed by atoms with Crippen molar-refractivity contribution in [1.82, 2.24) is 10.3 Å². The molecular weight excluding hydrogens is 236 g/mol. The van der Waals surface area contributed by atoms with Gasteiger partial charge in [-0.25, -0.2) is 0 Å². The van der Waals surface area contributed by atoms with Gasteiger partial charge in [-0.3, -0.25) is 9.78 Å². The summed E-state index contributed by atoms with van der Waals surface area (Å²) in [5.74, 6) is 0.455. The lowest BCUT2D eigenvalue weighted by molar-refractivity contribution is 0.0966. The number of amides is 1. The highest BCUT2D eigenvalue weighted by atomic mass is 16.1. The van der Waals surface area contributed by atoms with E-state index >= 15 is 0 Å². The predicted molar refractivity (Wildman–Crippen MR) is 74.9 cm³/mol. The van der Waals surface area contributed by atoms with E-state index in [4.69, 9.17) is 0 Å². The number of hydrogen-bond donors (Lipinski definition) is 1. The lowest BCUT2D eigenvalue weighted by atomic mass is 9.95. The fourth-order valence-electron chi connectivity index (χ4n) is 2.45. The Morgan fingerprint density at radius 1 is 1.26 bits per heavy atom. The number of nitrogens with one attached hydrogen (secondary N) is 1. The normalized spacial score (nSPS) is 13.5. The standard InChI is InChI=1S/C16H16N2O/c1-10(2)11-4-3-5-12(8-11)13-6-7-17-14-9-18-16(19)15(13)14/h3-8,10H,9H2,1-2H3,(H,18,19). The van der Waals surface area contributed by atoms with E-state index < -0.39 is 0 Å². The van der Waals surface area contributed by atoms with Crippen LogP contribution < -0.4 is 5.32 Å². The zero-order valence-corrected chi connectivity index (χ0v) is 11.1. The Labute approximate surface area is 112 Å². The van der Waals surface area contributed by atoms with E-state index in [1.165, 1.54) is 5.56 Å². The molecule has 1 amide bonds. The number of benzene rings is 1. The lowest BCUT2D eigenvalue weighted by Crippen LogP contribution is -2.13. The number of aromatic nitrogens is 1. The van der Waals surface area contributed by atoms with E-state index in [0.29, 0.717) is 12.5 Å². The molecule has 2 aromatic rings. The summed E-state index contributed by atoms with van der Waals surface area (Å²) < 4.78 is 0. The average Bonchev–Trinajstić information content (AvgIpc) is 2.81. The molecule has 0 spiro atoms. The minimum Gasteiger partial charge on any atom is -0.346 e. The molecule has 0 aliphatic carbocycles. The molecule has 3 nitrogen and oxygen atoms in total. The number of fused-ring (bicyclic) bond motifs is 1. The van der Waals surface area contributed by atoms with Crippen LogP contribution in [0.25, 0.3) is 11.1 Å². The Hall–Kier alpha value is -2.16. The van der Waals surface area contributed by atoms with Crippen molar-refractivity contribution in [3.05, 3.63) is 53.3 Å². The van der Waals surface area contributed by atoms with Crippen molar-refractivity contribution >= 4 is 5.91 Å². The van der Waals surface area contributed by atoms with Crippen LogP contribution in [0.1, 0.15) is 41.4 Å². The molecule has 3 heteroatoms. The van der Waals surface area contributed by atoms with Gasteiger partial charge in [0.25, 0.3) is 5.91 Å². The maximum atomic E-state index is 11.9. The van der Waals surface area contributed by atoms with E-state index in [2.05, 4.69) is 36.3 Å². The van der Waals surface area contributed by atoms with Crippen LogP contribution in [0.3, 0.4) is 0 Å². The van der Waals surface area contributed by atoms with Crippen molar-refractivity contribution in [1.29, 1.82) is 0 Å². The molecule has 1 N–H and O–H groups in total.